The van der Waals surface area contributed by atoms with Gasteiger partial charge in [0.2, 0.25) is 0 Å². The summed E-state index contributed by atoms with van der Waals surface area (Å²) in [6, 6.07) is 7.50. The first-order valence-corrected chi connectivity index (χ1v) is 5.63. The highest BCUT2D eigenvalue weighted by atomic mass is 32.2. The fourth-order valence-electron chi connectivity index (χ4n) is 0.929. The second kappa shape index (κ2) is 5.18. The van der Waals surface area contributed by atoms with E-state index in [1.165, 1.54) is 6.42 Å². The minimum Gasteiger partial charge on any atom is -0.507 e. The van der Waals surface area contributed by atoms with Crippen LogP contribution < -0.4 is 0 Å². The van der Waals surface area contributed by atoms with Crippen LogP contribution in [0.15, 0.2) is 29.2 Å². The molecule has 0 radical (unpaired) electrons. The number of para-hydroxylation sites is 1. The van der Waals surface area contributed by atoms with Gasteiger partial charge in [-0.1, -0.05) is 32.4 Å². The number of phenols is 1. The van der Waals surface area contributed by atoms with Gasteiger partial charge in [-0.15, -0.1) is 11.8 Å². The zero-order chi connectivity index (χ0) is 9.68. The van der Waals surface area contributed by atoms with Crippen molar-refractivity contribution in [2.75, 3.05) is 5.75 Å². The lowest BCUT2D eigenvalue weighted by atomic mass is 10.2. The quantitative estimate of drug-likeness (QED) is 0.743. The van der Waals surface area contributed by atoms with Gasteiger partial charge in [-0.3, -0.25) is 0 Å². The molecule has 0 saturated heterocycles. The van der Waals surface area contributed by atoms with Crippen molar-refractivity contribution in [2.24, 2.45) is 5.92 Å². The maximum absolute atomic E-state index is 9.48. The lowest BCUT2D eigenvalue weighted by molar-refractivity contribution is 0.462. The molecule has 2 heteroatoms. The minimum atomic E-state index is 0.399. The van der Waals surface area contributed by atoms with Crippen LogP contribution in [0.1, 0.15) is 20.3 Å². The topological polar surface area (TPSA) is 20.2 Å². The van der Waals surface area contributed by atoms with Gasteiger partial charge in [-0.2, -0.15) is 0 Å². The van der Waals surface area contributed by atoms with Gasteiger partial charge in [0.15, 0.2) is 0 Å². The molecule has 1 aromatic rings. The molecular weight excluding hydrogens is 180 g/mol. The summed E-state index contributed by atoms with van der Waals surface area (Å²) in [7, 11) is 0. The standard InChI is InChI=1S/C11H16OS/c1-3-9(2)8-13-11-7-5-4-6-10(11)12/h4-7,9,12H,3,8H2,1-2H3. The van der Waals surface area contributed by atoms with Crippen LogP contribution in [0.25, 0.3) is 0 Å². The summed E-state index contributed by atoms with van der Waals surface area (Å²) in [5.41, 5.74) is 0. The molecule has 1 rings (SSSR count). The molecule has 0 amide bonds. The van der Waals surface area contributed by atoms with Crippen molar-refractivity contribution < 1.29 is 5.11 Å². The maximum Gasteiger partial charge on any atom is 0.129 e. The van der Waals surface area contributed by atoms with E-state index in [0.29, 0.717) is 11.7 Å². The van der Waals surface area contributed by atoms with Crippen LogP contribution in [0.4, 0.5) is 0 Å². The highest BCUT2D eigenvalue weighted by Crippen LogP contribution is 2.29. The number of hydrogen-bond donors (Lipinski definition) is 1. The second-order valence-corrected chi connectivity index (χ2v) is 4.35. The zero-order valence-corrected chi connectivity index (χ0v) is 8.97. The van der Waals surface area contributed by atoms with Crippen LogP contribution in [-0.4, -0.2) is 10.9 Å². The van der Waals surface area contributed by atoms with Gasteiger partial charge in [0.05, 0.1) is 0 Å². The summed E-state index contributed by atoms with van der Waals surface area (Å²) in [6.07, 6.45) is 1.20. The Labute approximate surface area is 84.2 Å². The van der Waals surface area contributed by atoms with E-state index in [-0.39, 0.29) is 0 Å². The van der Waals surface area contributed by atoms with Crippen LogP contribution in [0, 0.1) is 5.92 Å². The van der Waals surface area contributed by atoms with E-state index in [9.17, 15) is 5.11 Å². The Morgan fingerprint density at radius 2 is 2.08 bits per heavy atom. The first-order valence-electron chi connectivity index (χ1n) is 4.64. The number of rotatable bonds is 4. The molecule has 0 aliphatic carbocycles. The van der Waals surface area contributed by atoms with Crippen molar-refractivity contribution >= 4 is 11.8 Å². The highest BCUT2D eigenvalue weighted by Gasteiger charge is 2.03. The monoisotopic (exact) mass is 196 g/mol. The summed E-state index contributed by atoms with van der Waals surface area (Å²) in [6.45, 7) is 4.42. The fourth-order valence-corrected chi connectivity index (χ4v) is 2.02. The van der Waals surface area contributed by atoms with Gasteiger partial charge in [0.1, 0.15) is 5.75 Å². The van der Waals surface area contributed by atoms with E-state index < -0.39 is 0 Å². The summed E-state index contributed by atoms with van der Waals surface area (Å²) in [4.78, 5) is 0.989. The molecule has 0 aromatic heterocycles. The molecule has 0 spiro atoms. The van der Waals surface area contributed by atoms with E-state index in [0.717, 1.165) is 10.6 Å². The number of hydrogen-bond acceptors (Lipinski definition) is 2. The van der Waals surface area contributed by atoms with Crippen molar-refractivity contribution in [1.82, 2.24) is 0 Å². The lowest BCUT2D eigenvalue weighted by Gasteiger charge is -2.08. The Morgan fingerprint density at radius 3 is 2.69 bits per heavy atom. The van der Waals surface area contributed by atoms with Gasteiger partial charge < -0.3 is 5.11 Å². The zero-order valence-electron chi connectivity index (χ0n) is 8.16. The molecule has 0 saturated carbocycles. The first-order chi connectivity index (χ1) is 6.24. The molecule has 13 heavy (non-hydrogen) atoms. The summed E-state index contributed by atoms with van der Waals surface area (Å²) < 4.78 is 0. The fraction of sp³-hybridized carbons (Fsp3) is 0.455. The van der Waals surface area contributed by atoms with Crippen molar-refractivity contribution in [2.45, 2.75) is 25.2 Å². The predicted octanol–water partition coefficient (Wildman–Crippen LogP) is 3.53. The summed E-state index contributed by atoms with van der Waals surface area (Å²) in [5.74, 6) is 2.19. The maximum atomic E-state index is 9.48. The van der Waals surface area contributed by atoms with Gasteiger partial charge in [0.25, 0.3) is 0 Å². The molecule has 1 aromatic carbocycles. The molecule has 1 atom stereocenters. The minimum absolute atomic E-state index is 0.399. The molecule has 0 heterocycles. The normalized spacial score (nSPS) is 12.8. The molecule has 0 bridgehead atoms. The third kappa shape index (κ3) is 3.31. The number of phenolic OH excluding ortho intramolecular Hbond substituents is 1. The largest absolute Gasteiger partial charge is 0.507 e. The van der Waals surface area contributed by atoms with Crippen molar-refractivity contribution in [1.29, 1.82) is 0 Å². The van der Waals surface area contributed by atoms with Crippen LogP contribution >= 0.6 is 11.8 Å². The van der Waals surface area contributed by atoms with Gasteiger partial charge >= 0.3 is 0 Å². The molecule has 1 unspecified atom stereocenters. The third-order valence-corrected chi connectivity index (χ3v) is 3.48. The molecule has 72 valence electrons. The molecule has 0 fully saturated rings. The van der Waals surface area contributed by atoms with Crippen molar-refractivity contribution in [3.05, 3.63) is 24.3 Å². The average molecular weight is 196 g/mol. The lowest BCUT2D eigenvalue weighted by Crippen LogP contribution is -1.94. The summed E-state index contributed by atoms with van der Waals surface area (Å²) >= 11 is 1.73. The van der Waals surface area contributed by atoms with Crippen LogP contribution in [0.2, 0.25) is 0 Å². The van der Waals surface area contributed by atoms with E-state index in [4.69, 9.17) is 0 Å². The molecular formula is C11H16OS. The van der Waals surface area contributed by atoms with Gasteiger partial charge in [0, 0.05) is 10.6 Å². The van der Waals surface area contributed by atoms with Crippen LogP contribution in [-0.2, 0) is 0 Å². The Morgan fingerprint density at radius 1 is 1.38 bits per heavy atom. The number of thioether (sulfide) groups is 1. The average Bonchev–Trinajstić information content (AvgIpc) is 2.16. The molecule has 0 aliphatic heterocycles. The van der Waals surface area contributed by atoms with Crippen LogP contribution in [0.3, 0.4) is 0 Å². The smallest absolute Gasteiger partial charge is 0.129 e. The Bertz CT molecular complexity index is 260. The predicted molar refractivity (Wildman–Crippen MR) is 58.3 cm³/mol. The van der Waals surface area contributed by atoms with E-state index >= 15 is 0 Å². The Hall–Kier alpha value is -0.630. The Balaban J connectivity index is 2.50. The second-order valence-electron chi connectivity index (χ2n) is 3.29. The molecule has 0 aliphatic rings. The Kier molecular flexibility index (Phi) is 4.16. The van der Waals surface area contributed by atoms with Gasteiger partial charge in [-0.05, 0) is 18.1 Å². The van der Waals surface area contributed by atoms with Crippen molar-refractivity contribution in [3.8, 4) is 5.75 Å². The molecule has 1 nitrogen and oxygen atoms in total. The van der Waals surface area contributed by atoms with Gasteiger partial charge in [-0.25, -0.2) is 0 Å². The van der Waals surface area contributed by atoms with Crippen LogP contribution in [0.5, 0.6) is 5.75 Å². The van der Waals surface area contributed by atoms with E-state index in [2.05, 4.69) is 13.8 Å². The highest BCUT2D eigenvalue weighted by molar-refractivity contribution is 7.99. The number of benzene rings is 1. The van der Waals surface area contributed by atoms with E-state index in [1.807, 2.05) is 18.2 Å². The summed E-state index contributed by atoms with van der Waals surface area (Å²) in [5, 5.41) is 9.48. The number of aromatic hydroxyl groups is 1. The SMILES string of the molecule is CCC(C)CSc1ccccc1O. The van der Waals surface area contributed by atoms with E-state index in [1.54, 1.807) is 17.8 Å². The first kappa shape index (κ1) is 10.5. The molecule has 1 N–H and O–H groups in total. The third-order valence-electron chi connectivity index (χ3n) is 2.09. The van der Waals surface area contributed by atoms with Crippen molar-refractivity contribution in [3.63, 3.8) is 0 Å².